The van der Waals surface area contributed by atoms with E-state index < -0.39 is 33.7 Å². The van der Waals surface area contributed by atoms with E-state index in [1.54, 1.807) is 0 Å². The number of hydrogen-bond acceptors (Lipinski definition) is 6. The summed E-state index contributed by atoms with van der Waals surface area (Å²) in [6.45, 7) is 1.75. The molecule has 0 fully saturated rings. The molecule has 0 bridgehead atoms. The molecule has 28 heavy (non-hydrogen) atoms. The van der Waals surface area contributed by atoms with E-state index >= 15 is 0 Å². The van der Waals surface area contributed by atoms with Gasteiger partial charge in [0.2, 0.25) is 15.8 Å². The summed E-state index contributed by atoms with van der Waals surface area (Å²) in [5.41, 5.74) is 0.305. The number of carbonyl (C=O) groups excluding carboxylic acids is 2. The van der Waals surface area contributed by atoms with Crippen LogP contribution in [0.1, 0.15) is 27.6 Å². The van der Waals surface area contributed by atoms with Crippen LogP contribution >= 0.6 is 0 Å². The van der Waals surface area contributed by atoms with Crippen LogP contribution in [0.2, 0.25) is 0 Å². The highest BCUT2D eigenvalue weighted by atomic mass is 32.2. The SMILES string of the molecule is COCCNS(=O)(=O)c1ccc(C(=O)O[C@@H](C)C(=O)c2ccc(F)cc2)cc1. The fraction of sp³-hybridized carbons (Fsp3) is 0.263. The van der Waals surface area contributed by atoms with E-state index in [4.69, 9.17) is 9.47 Å². The second kappa shape index (κ2) is 9.54. The van der Waals surface area contributed by atoms with Crippen LogP contribution in [-0.2, 0) is 19.5 Å². The number of nitrogens with one attached hydrogen (secondary N) is 1. The molecule has 150 valence electrons. The summed E-state index contributed by atoms with van der Waals surface area (Å²) in [5, 5.41) is 0. The van der Waals surface area contributed by atoms with Crippen molar-refractivity contribution < 1.29 is 31.9 Å². The summed E-state index contributed by atoms with van der Waals surface area (Å²) in [6.07, 6.45) is -1.09. The van der Waals surface area contributed by atoms with E-state index in [1.165, 1.54) is 50.4 Å². The lowest BCUT2D eigenvalue weighted by molar-refractivity contribution is 0.0318. The fourth-order valence-electron chi connectivity index (χ4n) is 2.26. The normalized spacial score (nSPS) is 12.4. The molecular formula is C19H20FNO6S. The molecule has 7 nitrogen and oxygen atoms in total. The van der Waals surface area contributed by atoms with Gasteiger partial charge in [-0.3, -0.25) is 4.79 Å². The van der Waals surface area contributed by atoms with Crippen molar-refractivity contribution in [2.75, 3.05) is 20.3 Å². The molecule has 2 rings (SSSR count). The molecular weight excluding hydrogens is 389 g/mol. The molecule has 0 radical (unpaired) electrons. The molecule has 0 aliphatic rings. The third-order valence-electron chi connectivity index (χ3n) is 3.78. The van der Waals surface area contributed by atoms with E-state index in [0.29, 0.717) is 0 Å². The van der Waals surface area contributed by atoms with E-state index in [-0.39, 0.29) is 29.2 Å². The number of esters is 1. The predicted octanol–water partition coefficient (Wildman–Crippen LogP) is 2.18. The third-order valence-corrected chi connectivity index (χ3v) is 5.26. The van der Waals surface area contributed by atoms with Gasteiger partial charge in [0, 0.05) is 19.2 Å². The summed E-state index contributed by atoms with van der Waals surface area (Å²) in [6, 6.07) is 10.0. The maximum absolute atomic E-state index is 12.9. The topological polar surface area (TPSA) is 98.8 Å². The Kier molecular flexibility index (Phi) is 7.38. The number of sulfonamides is 1. The first-order valence-corrected chi connectivity index (χ1v) is 9.82. The highest BCUT2D eigenvalue weighted by molar-refractivity contribution is 7.89. The van der Waals surface area contributed by atoms with Crippen molar-refractivity contribution in [1.82, 2.24) is 4.72 Å². The van der Waals surface area contributed by atoms with E-state index in [2.05, 4.69) is 4.72 Å². The number of rotatable bonds is 9. The zero-order valence-corrected chi connectivity index (χ0v) is 16.2. The van der Waals surface area contributed by atoms with Crippen LogP contribution < -0.4 is 4.72 Å². The first kappa shape index (κ1) is 21.7. The van der Waals surface area contributed by atoms with Gasteiger partial charge in [0.1, 0.15) is 5.82 Å². The molecule has 9 heteroatoms. The molecule has 0 heterocycles. The molecule has 2 aromatic carbocycles. The van der Waals surface area contributed by atoms with Crippen molar-refractivity contribution in [2.24, 2.45) is 0 Å². The standard InChI is InChI=1S/C19H20FNO6S/c1-13(18(22)14-3-7-16(20)8-4-14)27-19(23)15-5-9-17(10-6-15)28(24,25)21-11-12-26-2/h3-10,13,21H,11-12H2,1-2H3/t13-/m0/s1. The highest BCUT2D eigenvalue weighted by Crippen LogP contribution is 2.14. The Morgan fingerprint density at radius 3 is 2.18 bits per heavy atom. The van der Waals surface area contributed by atoms with E-state index in [0.717, 1.165) is 12.1 Å². The Morgan fingerprint density at radius 2 is 1.61 bits per heavy atom. The zero-order chi connectivity index (χ0) is 20.7. The van der Waals surface area contributed by atoms with Gasteiger partial charge in [-0.15, -0.1) is 0 Å². The minimum atomic E-state index is -3.72. The second-order valence-electron chi connectivity index (χ2n) is 5.83. The smallest absolute Gasteiger partial charge is 0.338 e. The molecule has 0 aromatic heterocycles. The molecule has 0 aliphatic heterocycles. The first-order valence-electron chi connectivity index (χ1n) is 8.34. The van der Waals surface area contributed by atoms with Gasteiger partial charge in [0.25, 0.3) is 0 Å². The van der Waals surface area contributed by atoms with Crippen molar-refractivity contribution in [3.8, 4) is 0 Å². The largest absolute Gasteiger partial charge is 0.451 e. The summed E-state index contributed by atoms with van der Waals surface area (Å²) in [5.74, 6) is -1.73. The molecule has 2 aromatic rings. The minimum absolute atomic E-state index is 0.0180. The molecule has 0 saturated heterocycles. The van der Waals surface area contributed by atoms with Gasteiger partial charge in [-0.2, -0.15) is 0 Å². The van der Waals surface area contributed by atoms with E-state index in [1.807, 2.05) is 0 Å². The Bertz CT molecular complexity index is 926. The Balaban J connectivity index is 2.02. The van der Waals surface area contributed by atoms with Crippen molar-refractivity contribution in [3.63, 3.8) is 0 Å². The molecule has 0 spiro atoms. The third kappa shape index (κ3) is 5.69. The van der Waals surface area contributed by atoms with Gasteiger partial charge >= 0.3 is 5.97 Å². The van der Waals surface area contributed by atoms with Gasteiger partial charge < -0.3 is 9.47 Å². The van der Waals surface area contributed by atoms with Gasteiger partial charge in [-0.25, -0.2) is 22.3 Å². The van der Waals surface area contributed by atoms with Crippen LogP contribution in [-0.4, -0.2) is 46.5 Å². The van der Waals surface area contributed by atoms with Crippen LogP contribution in [0.5, 0.6) is 0 Å². The average molecular weight is 409 g/mol. The maximum atomic E-state index is 12.9. The van der Waals surface area contributed by atoms with Crippen molar-refractivity contribution in [3.05, 3.63) is 65.5 Å². The van der Waals surface area contributed by atoms with E-state index in [9.17, 15) is 22.4 Å². The predicted molar refractivity (Wildman–Crippen MR) is 99.1 cm³/mol. The highest BCUT2D eigenvalue weighted by Gasteiger charge is 2.21. The van der Waals surface area contributed by atoms with Crippen LogP contribution in [0.15, 0.2) is 53.4 Å². The summed E-state index contributed by atoms with van der Waals surface area (Å²) in [7, 11) is -2.26. The second-order valence-corrected chi connectivity index (χ2v) is 7.60. The van der Waals surface area contributed by atoms with Crippen molar-refractivity contribution in [1.29, 1.82) is 0 Å². The summed E-state index contributed by atoms with van der Waals surface area (Å²) < 4.78 is 49.4. The fourth-order valence-corrected chi connectivity index (χ4v) is 3.28. The van der Waals surface area contributed by atoms with Crippen LogP contribution in [0.25, 0.3) is 0 Å². The number of halogens is 1. The number of carbonyl (C=O) groups is 2. The lowest BCUT2D eigenvalue weighted by atomic mass is 10.1. The minimum Gasteiger partial charge on any atom is -0.451 e. The first-order chi connectivity index (χ1) is 13.2. The van der Waals surface area contributed by atoms with Crippen molar-refractivity contribution >= 4 is 21.8 Å². The Hall–Kier alpha value is -2.62. The number of methoxy groups -OCH3 is 1. The van der Waals surface area contributed by atoms with Crippen LogP contribution in [0, 0.1) is 5.82 Å². The van der Waals surface area contributed by atoms with Crippen molar-refractivity contribution in [2.45, 2.75) is 17.9 Å². The average Bonchev–Trinajstić information content (AvgIpc) is 2.68. The zero-order valence-electron chi connectivity index (χ0n) is 15.3. The van der Waals surface area contributed by atoms with Gasteiger partial charge in [0.05, 0.1) is 17.1 Å². The van der Waals surface area contributed by atoms with Crippen LogP contribution in [0.4, 0.5) is 4.39 Å². The molecule has 1 atom stereocenters. The maximum Gasteiger partial charge on any atom is 0.338 e. The molecule has 0 aliphatic carbocycles. The monoisotopic (exact) mass is 409 g/mol. The number of ketones is 1. The molecule has 0 amide bonds. The summed E-state index contributed by atoms with van der Waals surface area (Å²) >= 11 is 0. The Morgan fingerprint density at radius 1 is 1.04 bits per heavy atom. The number of hydrogen-bond donors (Lipinski definition) is 1. The number of Topliss-reactive ketones (excluding diaryl/α,β-unsaturated/α-hetero) is 1. The number of benzene rings is 2. The Labute approximate surface area is 162 Å². The molecule has 0 saturated carbocycles. The summed E-state index contributed by atoms with van der Waals surface area (Å²) in [4.78, 5) is 24.4. The molecule has 1 N–H and O–H groups in total. The van der Waals surface area contributed by atoms with Crippen LogP contribution in [0.3, 0.4) is 0 Å². The lowest BCUT2D eigenvalue weighted by Gasteiger charge is -2.13. The van der Waals surface area contributed by atoms with Gasteiger partial charge in [-0.05, 0) is 55.5 Å². The number of ether oxygens (including phenoxy) is 2. The molecule has 0 unspecified atom stereocenters. The lowest BCUT2D eigenvalue weighted by Crippen LogP contribution is -2.27. The van der Waals surface area contributed by atoms with Gasteiger partial charge in [-0.1, -0.05) is 0 Å². The van der Waals surface area contributed by atoms with Gasteiger partial charge in [0.15, 0.2) is 6.10 Å². The quantitative estimate of drug-likeness (QED) is 0.387.